The highest BCUT2D eigenvalue weighted by Crippen LogP contribution is 2.25. The molecule has 0 saturated carbocycles. The van der Waals surface area contributed by atoms with E-state index in [1.54, 1.807) is 30.3 Å². The molecular weight excluding hydrogens is 286 g/mol. The summed E-state index contributed by atoms with van der Waals surface area (Å²) in [4.78, 5) is 0.313. The topological polar surface area (TPSA) is 71.5 Å². The maximum absolute atomic E-state index is 12.4. The Balaban J connectivity index is 2.14. The van der Waals surface area contributed by atoms with Crippen molar-refractivity contribution in [1.29, 1.82) is 0 Å². The van der Waals surface area contributed by atoms with Crippen molar-refractivity contribution in [3.63, 3.8) is 0 Å². The van der Waals surface area contributed by atoms with E-state index in [9.17, 15) is 16.8 Å². The van der Waals surface area contributed by atoms with E-state index < -0.39 is 25.1 Å². The number of sulfone groups is 1. The Morgan fingerprint density at radius 3 is 2.00 bits per heavy atom. The lowest BCUT2D eigenvalue weighted by Gasteiger charge is -2.29. The van der Waals surface area contributed by atoms with Crippen molar-refractivity contribution in [2.75, 3.05) is 19.3 Å². The van der Waals surface area contributed by atoms with E-state index in [1.807, 2.05) is 0 Å². The van der Waals surface area contributed by atoms with Gasteiger partial charge in [-0.2, -0.15) is 0 Å². The predicted molar refractivity (Wildman–Crippen MR) is 73.1 cm³/mol. The van der Waals surface area contributed by atoms with Gasteiger partial charge in [0, 0.05) is 13.1 Å². The molecule has 1 saturated heterocycles. The summed E-state index contributed by atoms with van der Waals surface area (Å²) in [7, 11) is -6.57. The van der Waals surface area contributed by atoms with E-state index in [4.69, 9.17) is 0 Å². The lowest BCUT2D eigenvalue weighted by atomic mass is 10.2. The van der Waals surface area contributed by atoms with E-state index in [0.29, 0.717) is 17.7 Å². The number of hydrogen-bond donors (Lipinski definition) is 0. The van der Waals surface area contributed by atoms with E-state index in [0.717, 1.165) is 6.26 Å². The minimum Gasteiger partial charge on any atom is -0.223 e. The van der Waals surface area contributed by atoms with Crippen LogP contribution in [-0.4, -0.2) is 45.7 Å². The summed E-state index contributed by atoms with van der Waals surface area (Å²) in [5.41, 5.74) is 0. The van der Waals surface area contributed by atoms with Crippen LogP contribution in [0.2, 0.25) is 0 Å². The number of nitrogens with zero attached hydrogens (tertiary/aromatic N) is 1. The van der Waals surface area contributed by atoms with Gasteiger partial charge in [-0.05, 0) is 25.0 Å². The van der Waals surface area contributed by atoms with Gasteiger partial charge < -0.3 is 0 Å². The van der Waals surface area contributed by atoms with Gasteiger partial charge in [0.2, 0.25) is 10.0 Å². The molecule has 0 amide bonds. The molecule has 0 aliphatic carbocycles. The zero-order valence-electron chi connectivity index (χ0n) is 10.7. The Labute approximate surface area is 114 Å². The second-order valence-corrected chi connectivity index (χ2v) is 8.93. The van der Waals surface area contributed by atoms with Gasteiger partial charge in [0.15, 0.2) is 9.84 Å². The highest BCUT2D eigenvalue weighted by Gasteiger charge is 2.33. The highest BCUT2D eigenvalue weighted by atomic mass is 32.2. The molecule has 1 heterocycles. The molecule has 5 nitrogen and oxygen atoms in total. The molecule has 0 radical (unpaired) electrons. The van der Waals surface area contributed by atoms with Crippen LogP contribution in [-0.2, 0) is 19.9 Å². The monoisotopic (exact) mass is 303 g/mol. The van der Waals surface area contributed by atoms with Crippen molar-refractivity contribution in [2.45, 2.75) is 23.0 Å². The quantitative estimate of drug-likeness (QED) is 0.831. The van der Waals surface area contributed by atoms with Crippen LogP contribution in [0.1, 0.15) is 12.8 Å². The normalized spacial score (nSPS) is 19.4. The molecule has 0 bridgehead atoms. The first-order valence-corrected chi connectivity index (χ1v) is 9.45. The minimum absolute atomic E-state index is 0.273. The Bertz CT molecular complexity index is 630. The second kappa shape index (κ2) is 5.22. The molecule has 1 aromatic carbocycles. The Morgan fingerprint density at radius 1 is 1.00 bits per heavy atom. The summed E-state index contributed by atoms with van der Waals surface area (Å²) in [6.07, 6.45) is 1.85. The molecule has 1 aliphatic heterocycles. The number of piperidine rings is 1. The van der Waals surface area contributed by atoms with Crippen molar-refractivity contribution < 1.29 is 16.8 Å². The molecule has 0 unspecified atom stereocenters. The van der Waals surface area contributed by atoms with Crippen LogP contribution in [0.4, 0.5) is 0 Å². The third-order valence-electron chi connectivity index (χ3n) is 3.38. The van der Waals surface area contributed by atoms with Crippen LogP contribution >= 0.6 is 0 Å². The van der Waals surface area contributed by atoms with Gasteiger partial charge in [-0.15, -0.1) is 0 Å². The summed E-state index contributed by atoms with van der Waals surface area (Å²) in [6.45, 7) is 0.547. The van der Waals surface area contributed by atoms with E-state index in [1.165, 1.54) is 4.31 Å². The Kier molecular flexibility index (Phi) is 3.98. The van der Waals surface area contributed by atoms with Gasteiger partial charge in [-0.25, -0.2) is 21.1 Å². The van der Waals surface area contributed by atoms with Gasteiger partial charge in [0.25, 0.3) is 0 Å². The van der Waals surface area contributed by atoms with E-state index >= 15 is 0 Å². The van der Waals surface area contributed by atoms with Gasteiger partial charge in [-0.3, -0.25) is 0 Å². The zero-order valence-corrected chi connectivity index (χ0v) is 12.3. The summed E-state index contributed by atoms with van der Waals surface area (Å²) >= 11 is 0. The summed E-state index contributed by atoms with van der Waals surface area (Å²) in [5, 5.41) is -0.493. The lowest BCUT2D eigenvalue weighted by molar-refractivity contribution is 0.348. The smallest absolute Gasteiger partial charge is 0.211 e. The maximum Gasteiger partial charge on any atom is 0.211 e. The van der Waals surface area contributed by atoms with Gasteiger partial charge >= 0.3 is 0 Å². The number of rotatable bonds is 3. The molecular formula is C12H17NO4S2. The molecule has 0 atom stereocenters. The number of benzene rings is 1. The van der Waals surface area contributed by atoms with Crippen LogP contribution in [0.3, 0.4) is 0 Å². The molecule has 1 aromatic rings. The van der Waals surface area contributed by atoms with Crippen molar-refractivity contribution in [3.05, 3.63) is 30.3 Å². The molecule has 0 N–H and O–H groups in total. The van der Waals surface area contributed by atoms with Gasteiger partial charge in [0.1, 0.15) is 0 Å². The molecule has 0 spiro atoms. The van der Waals surface area contributed by atoms with Gasteiger partial charge in [-0.1, -0.05) is 18.2 Å². The van der Waals surface area contributed by atoms with E-state index in [2.05, 4.69) is 0 Å². The summed E-state index contributed by atoms with van der Waals surface area (Å²) < 4.78 is 48.9. The molecule has 1 aliphatic rings. The molecule has 1 fully saturated rings. The highest BCUT2D eigenvalue weighted by molar-refractivity contribution is 7.92. The fourth-order valence-electron chi connectivity index (χ4n) is 2.28. The van der Waals surface area contributed by atoms with Crippen LogP contribution in [0.5, 0.6) is 0 Å². The minimum atomic E-state index is -3.35. The average molecular weight is 303 g/mol. The predicted octanol–water partition coefficient (Wildman–Crippen LogP) is 0.884. The molecule has 106 valence electrons. The van der Waals surface area contributed by atoms with Crippen molar-refractivity contribution in [3.8, 4) is 0 Å². The second-order valence-electron chi connectivity index (χ2n) is 4.72. The lowest BCUT2D eigenvalue weighted by Crippen LogP contribution is -2.41. The zero-order chi connectivity index (χ0) is 14.1. The first-order chi connectivity index (χ1) is 8.82. The van der Waals surface area contributed by atoms with E-state index in [-0.39, 0.29) is 13.1 Å². The first kappa shape index (κ1) is 14.5. The van der Waals surface area contributed by atoms with Gasteiger partial charge in [0.05, 0.1) is 16.4 Å². The van der Waals surface area contributed by atoms with Crippen LogP contribution < -0.4 is 0 Å². The number of sulfonamides is 1. The van der Waals surface area contributed by atoms with Crippen molar-refractivity contribution in [2.24, 2.45) is 0 Å². The average Bonchev–Trinajstić information content (AvgIpc) is 2.39. The van der Waals surface area contributed by atoms with Crippen LogP contribution in [0, 0.1) is 0 Å². The molecule has 7 heteroatoms. The largest absolute Gasteiger partial charge is 0.223 e. The third kappa shape index (κ3) is 3.16. The third-order valence-corrected chi connectivity index (χ3v) is 6.96. The fraction of sp³-hybridized carbons (Fsp3) is 0.500. The maximum atomic E-state index is 12.4. The first-order valence-electron chi connectivity index (χ1n) is 6.06. The number of hydrogen-bond acceptors (Lipinski definition) is 4. The molecule has 0 aromatic heterocycles. The van der Waals surface area contributed by atoms with Crippen molar-refractivity contribution >= 4 is 19.9 Å². The summed E-state index contributed by atoms with van der Waals surface area (Å²) in [5.74, 6) is 0. The van der Waals surface area contributed by atoms with Crippen molar-refractivity contribution in [1.82, 2.24) is 4.31 Å². The molecule has 2 rings (SSSR count). The Hall–Kier alpha value is -0.920. The standard InChI is InChI=1S/C12H17NO4S2/c1-18(14,15)13-9-7-12(8-10-13)19(16,17)11-5-3-2-4-6-11/h2-6,12H,7-10H2,1H3. The SMILES string of the molecule is CS(=O)(=O)N1CCC(S(=O)(=O)c2ccccc2)CC1. The molecule has 19 heavy (non-hydrogen) atoms. The van der Waals surface area contributed by atoms with Crippen LogP contribution in [0.15, 0.2) is 35.2 Å². The Morgan fingerprint density at radius 2 is 1.53 bits per heavy atom. The summed E-state index contributed by atoms with van der Waals surface area (Å²) in [6, 6.07) is 8.32. The van der Waals surface area contributed by atoms with Crippen LogP contribution in [0.25, 0.3) is 0 Å². The fourth-order valence-corrected chi connectivity index (χ4v) is 4.90.